The number of ether oxygens (including phenoxy) is 1. The van der Waals surface area contributed by atoms with Crippen LogP contribution in [0.15, 0.2) is 18.2 Å². The zero-order valence-electron chi connectivity index (χ0n) is 6.73. The lowest BCUT2D eigenvalue weighted by Crippen LogP contribution is -1.86. The Hall–Kier alpha value is -0.730. The lowest BCUT2D eigenvalue weighted by Gasteiger charge is -2.03. The smallest absolute Gasteiger partial charge is 0.123 e. The largest absolute Gasteiger partial charge is 0.496 e. The molecule has 0 saturated carbocycles. The number of benzene rings is 1. The van der Waals surface area contributed by atoms with Crippen molar-refractivity contribution in [2.45, 2.75) is 6.92 Å². The van der Waals surface area contributed by atoms with Crippen molar-refractivity contribution in [1.29, 1.82) is 0 Å². The number of halogens is 1. The molecule has 0 heterocycles. The summed E-state index contributed by atoms with van der Waals surface area (Å²) >= 11 is 5.81. The molecule has 0 aliphatic carbocycles. The Morgan fingerprint density at radius 3 is 2.45 bits per heavy atom. The maximum absolute atomic E-state index is 5.81. The molecule has 0 atom stereocenters. The molecule has 11 heavy (non-hydrogen) atoms. The van der Waals surface area contributed by atoms with Crippen LogP contribution in [0.3, 0.4) is 0 Å². The molecule has 0 radical (unpaired) electrons. The van der Waals surface area contributed by atoms with Crippen molar-refractivity contribution in [1.82, 2.24) is 6.15 Å². The summed E-state index contributed by atoms with van der Waals surface area (Å²) in [4.78, 5) is 0. The fraction of sp³-hybridized carbons (Fsp3) is 0.250. The zero-order chi connectivity index (χ0) is 7.56. The van der Waals surface area contributed by atoms with E-state index in [1.807, 2.05) is 25.1 Å². The third kappa shape index (κ3) is 2.10. The van der Waals surface area contributed by atoms with Gasteiger partial charge in [0.1, 0.15) is 5.75 Å². The summed E-state index contributed by atoms with van der Waals surface area (Å²) < 4.78 is 5.04. The highest BCUT2D eigenvalue weighted by Gasteiger charge is 1.99. The highest BCUT2D eigenvalue weighted by molar-refractivity contribution is 6.31. The van der Waals surface area contributed by atoms with E-state index >= 15 is 0 Å². The Labute approximate surface area is 71.7 Å². The second kappa shape index (κ2) is 4.21. The molecule has 0 bridgehead atoms. The fourth-order valence-corrected chi connectivity index (χ4v) is 0.975. The molecule has 1 aromatic rings. The van der Waals surface area contributed by atoms with Gasteiger partial charge >= 0.3 is 0 Å². The van der Waals surface area contributed by atoms with Gasteiger partial charge in [-0.25, -0.2) is 0 Å². The highest BCUT2D eigenvalue weighted by atomic mass is 35.5. The first kappa shape index (κ1) is 10.3. The summed E-state index contributed by atoms with van der Waals surface area (Å²) in [5, 5.41) is 0.749. The van der Waals surface area contributed by atoms with Gasteiger partial charge in [0.2, 0.25) is 0 Å². The number of methoxy groups -OCH3 is 1. The van der Waals surface area contributed by atoms with Crippen LogP contribution in [0.5, 0.6) is 5.75 Å². The molecule has 62 valence electrons. The molecular weight excluding hydrogens is 162 g/mol. The van der Waals surface area contributed by atoms with Gasteiger partial charge in [-0.2, -0.15) is 0 Å². The third-order valence-electron chi connectivity index (χ3n) is 1.44. The molecule has 0 aromatic heterocycles. The van der Waals surface area contributed by atoms with Crippen LogP contribution in [0, 0.1) is 6.92 Å². The molecule has 3 heteroatoms. The Morgan fingerprint density at radius 2 is 2.00 bits per heavy atom. The summed E-state index contributed by atoms with van der Waals surface area (Å²) in [6.07, 6.45) is 0. The number of rotatable bonds is 1. The monoisotopic (exact) mass is 173 g/mol. The molecule has 1 aromatic carbocycles. The van der Waals surface area contributed by atoms with Gasteiger partial charge in [0.05, 0.1) is 7.11 Å². The quantitative estimate of drug-likeness (QED) is 0.710. The van der Waals surface area contributed by atoms with Crippen molar-refractivity contribution in [3.8, 4) is 5.75 Å². The topological polar surface area (TPSA) is 44.2 Å². The Kier molecular flexibility index (Phi) is 3.93. The third-order valence-corrected chi connectivity index (χ3v) is 1.85. The molecule has 0 aliphatic rings. The molecule has 0 spiro atoms. The van der Waals surface area contributed by atoms with E-state index in [9.17, 15) is 0 Å². The van der Waals surface area contributed by atoms with Gasteiger partial charge in [-0.3, -0.25) is 0 Å². The minimum atomic E-state index is 0. The van der Waals surface area contributed by atoms with Crippen molar-refractivity contribution in [2.75, 3.05) is 7.11 Å². The summed E-state index contributed by atoms with van der Waals surface area (Å²) in [6, 6.07) is 5.61. The van der Waals surface area contributed by atoms with E-state index in [1.54, 1.807) is 7.11 Å². The molecule has 0 saturated heterocycles. The van der Waals surface area contributed by atoms with Gasteiger partial charge < -0.3 is 10.9 Å². The fourth-order valence-electron chi connectivity index (χ4n) is 0.809. The second-order valence-corrected chi connectivity index (χ2v) is 2.47. The van der Waals surface area contributed by atoms with Gasteiger partial charge in [0.25, 0.3) is 0 Å². The molecule has 1 rings (SSSR count). The summed E-state index contributed by atoms with van der Waals surface area (Å²) in [5.74, 6) is 0.840. The van der Waals surface area contributed by atoms with E-state index in [0.717, 1.165) is 16.3 Å². The van der Waals surface area contributed by atoms with Gasteiger partial charge in [0, 0.05) is 10.6 Å². The predicted molar refractivity (Wildman–Crippen MR) is 47.8 cm³/mol. The van der Waals surface area contributed by atoms with Crippen molar-refractivity contribution >= 4 is 11.6 Å². The molecule has 0 unspecified atom stereocenters. The lowest BCUT2D eigenvalue weighted by molar-refractivity contribution is 0.412. The summed E-state index contributed by atoms with van der Waals surface area (Å²) in [5.41, 5.74) is 0.992. The van der Waals surface area contributed by atoms with Crippen LogP contribution in [0.2, 0.25) is 5.02 Å². The van der Waals surface area contributed by atoms with Crippen LogP contribution >= 0.6 is 11.6 Å². The molecule has 3 N–H and O–H groups in total. The number of hydrogen-bond acceptors (Lipinski definition) is 2. The van der Waals surface area contributed by atoms with Crippen molar-refractivity contribution in [2.24, 2.45) is 0 Å². The Morgan fingerprint density at radius 1 is 1.36 bits per heavy atom. The van der Waals surface area contributed by atoms with Crippen LogP contribution in [-0.2, 0) is 0 Å². The van der Waals surface area contributed by atoms with Crippen LogP contribution in [-0.4, -0.2) is 7.11 Å². The Balaban J connectivity index is 0.000001000. The van der Waals surface area contributed by atoms with Gasteiger partial charge in [-0.15, -0.1) is 0 Å². The highest BCUT2D eigenvalue weighted by Crippen LogP contribution is 2.24. The molecular formula is C8H12ClNO. The maximum atomic E-state index is 5.81. The summed E-state index contributed by atoms with van der Waals surface area (Å²) in [7, 11) is 1.64. The van der Waals surface area contributed by atoms with Crippen LogP contribution in [0.4, 0.5) is 0 Å². The van der Waals surface area contributed by atoms with Crippen molar-refractivity contribution in [3.63, 3.8) is 0 Å². The van der Waals surface area contributed by atoms with Crippen molar-refractivity contribution in [3.05, 3.63) is 28.8 Å². The maximum Gasteiger partial charge on any atom is 0.123 e. The average molecular weight is 174 g/mol. The van der Waals surface area contributed by atoms with Crippen LogP contribution in [0.1, 0.15) is 5.56 Å². The molecule has 0 fully saturated rings. The SMILES string of the molecule is COc1cccc(Cl)c1C.N. The predicted octanol–water partition coefficient (Wildman–Crippen LogP) is 2.82. The first-order valence-corrected chi connectivity index (χ1v) is 3.42. The minimum absolute atomic E-state index is 0. The van der Waals surface area contributed by atoms with E-state index < -0.39 is 0 Å². The van der Waals surface area contributed by atoms with E-state index in [0.29, 0.717) is 0 Å². The first-order chi connectivity index (χ1) is 4.75. The van der Waals surface area contributed by atoms with Gasteiger partial charge in [-0.05, 0) is 19.1 Å². The molecule has 0 amide bonds. The van der Waals surface area contributed by atoms with E-state index in [1.165, 1.54) is 0 Å². The zero-order valence-corrected chi connectivity index (χ0v) is 7.48. The van der Waals surface area contributed by atoms with E-state index in [-0.39, 0.29) is 6.15 Å². The Bertz CT molecular complexity index is 238. The van der Waals surface area contributed by atoms with E-state index in [4.69, 9.17) is 16.3 Å². The summed E-state index contributed by atoms with van der Waals surface area (Å²) in [6.45, 7) is 1.93. The van der Waals surface area contributed by atoms with Crippen molar-refractivity contribution < 1.29 is 4.74 Å². The van der Waals surface area contributed by atoms with Crippen LogP contribution in [0.25, 0.3) is 0 Å². The van der Waals surface area contributed by atoms with Crippen LogP contribution < -0.4 is 10.9 Å². The molecule has 0 aliphatic heterocycles. The minimum Gasteiger partial charge on any atom is -0.496 e. The average Bonchev–Trinajstić information content (AvgIpc) is 1.95. The number of hydrogen-bond donors (Lipinski definition) is 1. The second-order valence-electron chi connectivity index (χ2n) is 2.07. The molecule has 2 nitrogen and oxygen atoms in total. The van der Waals surface area contributed by atoms with Gasteiger partial charge in [-0.1, -0.05) is 17.7 Å². The normalized spacial score (nSPS) is 8.64. The van der Waals surface area contributed by atoms with E-state index in [2.05, 4.69) is 0 Å². The lowest BCUT2D eigenvalue weighted by atomic mass is 10.2. The standard InChI is InChI=1S/C8H9ClO.H3N/c1-6-7(9)4-3-5-8(6)10-2;/h3-5H,1-2H3;1H3. The van der Waals surface area contributed by atoms with Gasteiger partial charge in [0.15, 0.2) is 0 Å². The first-order valence-electron chi connectivity index (χ1n) is 3.05.